The van der Waals surface area contributed by atoms with Crippen LogP contribution < -0.4 is 11.1 Å². The number of allylic oxidation sites excluding steroid dienone is 1. The molecule has 1 aromatic carbocycles. The molecule has 0 unspecified atom stereocenters. The fourth-order valence-corrected chi connectivity index (χ4v) is 2.22. The second-order valence-corrected chi connectivity index (χ2v) is 5.76. The van der Waals surface area contributed by atoms with Crippen LogP contribution >= 0.6 is 0 Å². The third kappa shape index (κ3) is 4.04. The van der Waals surface area contributed by atoms with Gasteiger partial charge in [-0.15, -0.1) is 0 Å². The van der Waals surface area contributed by atoms with Crippen LogP contribution in [-0.2, 0) is 0 Å². The number of rotatable bonds is 6. The van der Waals surface area contributed by atoms with E-state index in [1.54, 1.807) is 24.3 Å². The van der Waals surface area contributed by atoms with Crippen LogP contribution in [0.5, 0.6) is 0 Å². The summed E-state index contributed by atoms with van der Waals surface area (Å²) in [7, 11) is 0. The highest BCUT2D eigenvalue weighted by molar-refractivity contribution is 6.14. The number of nitrogens with two attached hydrogens (primary N) is 1. The van der Waals surface area contributed by atoms with Gasteiger partial charge in [-0.05, 0) is 44.0 Å². The number of carbonyl (C=O) groups excluding carboxylic acids is 1. The van der Waals surface area contributed by atoms with Crippen molar-refractivity contribution in [1.29, 1.82) is 5.41 Å². The third-order valence-electron chi connectivity index (χ3n) is 3.44. The lowest BCUT2D eigenvalue weighted by Gasteiger charge is -2.14. The van der Waals surface area contributed by atoms with Crippen LogP contribution in [0.3, 0.4) is 0 Å². The highest BCUT2D eigenvalue weighted by atomic mass is 16.1. The first-order chi connectivity index (χ1) is 11.4. The van der Waals surface area contributed by atoms with Gasteiger partial charge in [-0.2, -0.15) is 0 Å². The number of benzene rings is 1. The molecule has 0 aliphatic heterocycles. The molecular weight excluding hydrogens is 302 g/mol. The van der Waals surface area contributed by atoms with Crippen molar-refractivity contribution in [1.82, 2.24) is 9.97 Å². The number of hydrogen-bond donors (Lipinski definition) is 3. The predicted octanol–water partition coefficient (Wildman–Crippen LogP) is 3.08. The number of aldehydes is 1. The molecule has 0 aliphatic rings. The van der Waals surface area contributed by atoms with Crippen molar-refractivity contribution in [3.63, 3.8) is 0 Å². The molecule has 0 bridgehead atoms. The number of nitrogen functional groups attached to an aromatic ring is 1. The summed E-state index contributed by atoms with van der Waals surface area (Å²) in [5.41, 5.74) is 9.08. The van der Waals surface area contributed by atoms with Gasteiger partial charge in [0.05, 0.1) is 11.3 Å². The van der Waals surface area contributed by atoms with Crippen molar-refractivity contribution in [2.24, 2.45) is 0 Å². The van der Waals surface area contributed by atoms with Crippen molar-refractivity contribution in [3.05, 3.63) is 52.9 Å². The summed E-state index contributed by atoms with van der Waals surface area (Å²) in [6.45, 7) is 5.91. The van der Waals surface area contributed by atoms with Gasteiger partial charge in [0.15, 0.2) is 0 Å². The van der Waals surface area contributed by atoms with Gasteiger partial charge >= 0.3 is 0 Å². The predicted molar refractivity (Wildman–Crippen MR) is 97.6 cm³/mol. The van der Waals surface area contributed by atoms with Gasteiger partial charge in [0, 0.05) is 11.6 Å². The summed E-state index contributed by atoms with van der Waals surface area (Å²) in [4.78, 5) is 19.1. The van der Waals surface area contributed by atoms with E-state index in [0.717, 1.165) is 17.4 Å². The summed E-state index contributed by atoms with van der Waals surface area (Å²) in [6.07, 6.45) is 5.60. The Hall–Kier alpha value is -3.02. The van der Waals surface area contributed by atoms with E-state index in [0.29, 0.717) is 16.9 Å². The van der Waals surface area contributed by atoms with Gasteiger partial charge in [-0.25, -0.2) is 9.97 Å². The molecule has 6 heteroatoms. The summed E-state index contributed by atoms with van der Waals surface area (Å²) in [5, 5.41) is 11.5. The maximum absolute atomic E-state index is 10.9. The molecule has 24 heavy (non-hydrogen) atoms. The Morgan fingerprint density at radius 3 is 2.75 bits per heavy atom. The summed E-state index contributed by atoms with van der Waals surface area (Å²) < 4.78 is 0. The summed E-state index contributed by atoms with van der Waals surface area (Å²) >= 11 is 0. The van der Waals surface area contributed by atoms with Crippen molar-refractivity contribution in [3.8, 4) is 0 Å². The zero-order valence-corrected chi connectivity index (χ0v) is 14.0. The maximum atomic E-state index is 10.9. The molecule has 1 heterocycles. The molecule has 6 nitrogen and oxygen atoms in total. The average Bonchev–Trinajstić information content (AvgIpc) is 2.53. The first-order valence-electron chi connectivity index (χ1n) is 7.62. The lowest BCUT2D eigenvalue weighted by molar-refractivity contribution is 0.112. The minimum atomic E-state index is 0.154. The fourth-order valence-electron chi connectivity index (χ4n) is 2.22. The fraction of sp³-hybridized carbons (Fsp3) is 0.222. The number of carbonyl (C=O) groups is 1. The quantitative estimate of drug-likeness (QED) is 0.559. The molecular formula is C18H21N5O. The Kier molecular flexibility index (Phi) is 5.42. The minimum Gasteiger partial charge on any atom is -0.383 e. The van der Waals surface area contributed by atoms with Gasteiger partial charge in [0.25, 0.3) is 0 Å². The van der Waals surface area contributed by atoms with E-state index >= 15 is 0 Å². The summed E-state index contributed by atoms with van der Waals surface area (Å²) in [5.74, 6) is 0.784. The van der Waals surface area contributed by atoms with E-state index in [4.69, 9.17) is 11.1 Å². The van der Waals surface area contributed by atoms with Crippen LogP contribution in [0.25, 0.3) is 6.08 Å². The molecule has 0 aliphatic carbocycles. The zero-order valence-electron chi connectivity index (χ0n) is 14.0. The van der Waals surface area contributed by atoms with E-state index in [-0.39, 0.29) is 17.6 Å². The molecule has 4 N–H and O–H groups in total. The molecule has 0 saturated carbocycles. The number of nitrogens with one attached hydrogen (secondary N) is 2. The van der Waals surface area contributed by atoms with Crippen LogP contribution in [0.2, 0.25) is 0 Å². The molecule has 0 amide bonds. The number of aromatic nitrogens is 2. The molecule has 124 valence electrons. The monoisotopic (exact) mass is 323 g/mol. The number of anilines is 2. The number of hydrogen-bond acceptors (Lipinski definition) is 6. The molecule has 2 aromatic rings. The molecule has 0 radical (unpaired) electrons. The van der Waals surface area contributed by atoms with E-state index in [2.05, 4.69) is 15.3 Å². The van der Waals surface area contributed by atoms with E-state index in [1.165, 1.54) is 6.33 Å². The molecule has 2 rings (SSSR count). The average molecular weight is 323 g/mol. The lowest BCUT2D eigenvalue weighted by atomic mass is 10.0. The maximum Gasteiger partial charge on any atom is 0.150 e. The van der Waals surface area contributed by atoms with Gasteiger partial charge in [0.1, 0.15) is 24.2 Å². The molecule has 0 atom stereocenters. The third-order valence-corrected chi connectivity index (χ3v) is 3.44. The van der Waals surface area contributed by atoms with E-state index in [9.17, 15) is 4.79 Å². The SMILES string of the molecule is Cc1ccc(C=O)cc1C=CC(=N)c1c(N)ncnc1NC(C)C. The van der Waals surface area contributed by atoms with E-state index in [1.807, 2.05) is 26.8 Å². The second-order valence-electron chi connectivity index (χ2n) is 5.76. The van der Waals surface area contributed by atoms with E-state index < -0.39 is 0 Å². The highest BCUT2D eigenvalue weighted by Crippen LogP contribution is 2.20. The number of nitrogens with zero attached hydrogens (tertiary/aromatic N) is 2. The largest absolute Gasteiger partial charge is 0.383 e. The van der Waals surface area contributed by atoms with Gasteiger partial charge in [-0.1, -0.05) is 18.2 Å². The van der Waals surface area contributed by atoms with Crippen molar-refractivity contribution in [2.75, 3.05) is 11.1 Å². The minimum absolute atomic E-state index is 0.154. The molecule has 1 aromatic heterocycles. The normalized spacial score (nSPS) is 11.0. The van der Waals surface area contributed by atoms with Crippen LogP contribution in [0, 0.1) is 12.3 Å². The standard InChI is InChI=1S/C18H21N5O/c1-11(2)23-18-16(17(20)21-10-22-18)15(19)7-6-14-8-13(9-24)5-4-12(14)3/h4-11,19H,1-3H3,(H3,20,21,22,23). The van der Waals surface area contributed by atoms with Crippen molar-refractivity contribution in [2.45, 2.75) is 26.8 Å². The Bertz CT molecular complexity index is 796. The first-order valence-corrected chi connectivity index (χ1v) is 7.62. The Morgan fingerprint density at radius 2 is 2.08 bits per heavy atom. The van der Waals surface area contributed by atoms with Crippen molar-refractivity contribution < 1.29 is 4.79 Å². The van der Waals surface area contributed by atoms with Gasteiger partial charge < -0.3 is 11.1 Å². The number of aryl methyl sites for hydroxylation is 1. The zero-order chi connectivity index (χ0) is 17.7. The highest BCUT2D eigenvalue weighted by Gasteiger charge is 2.13. The Morgan fingerprint density at radius 1 is 1.33 bits per heavy atom. The first kappa shape index (κ1) is 17.3. The van der Waals surface area contributed by atoms with Crippen LogP contribution in [-0.4, -0.2) is 28.0 Å². The Balaban J connectivity index is 2.35. The lowest BCUT2D eigenvalue weighted by Crippen LogP contribution is -2.16. The molecule has 0 spiro atoms. The Labute approximate surface area is 141 Å². The second kappa shape index (κ2) is 7.50. The topological polar surface area (TPSA) is 105 Å². The van der Waals surface area contributed by atoms with Crippen LogP contribution in [0.15, 0.2) is 30.6 Å². The summed E-state index contributed by atoms with van der Waals surface area (Å²) in [6, 6.07) is 5.57. The molecule has 0 fully saturated rings. The van der Waals surface area contributed by atoms with Crippen molar-refractivity contribution >= 4 is 29.7 Å². The molecule has 0 saturated heterocycles. The van der Waals surface area contributed by atoms with Crippen LogP contribution in [0.1, 0.15) is 40.9 Å². The van der Waals surface area contributed by atoms with Crippen LogP contribution in [0.4, 0.5) is 11.6 Å². The van der Waals surface area contributed by atoms with Gasteiger partial charge in [0.2, 0.25) is 0 Å². The van der Waals surface area contributed by atoms with Gasteiger partial charge in [-0.3, -0.25) is 10.2 Å². The smallest absolute Gasteiger partial charge is 0.150 e.